The zero-order valence-corrected chi connectivity index (χ0v) is 9.91. The Bertz CT molecular complexity index is 422. The molecule has 0 amide bonds. The fourth-order valence-electron chi connectivity index (χ4n) is 1.67. The molecule has 2 aromatic carbocycles. The fourth-order valence-corrected chi connectivity index (χ4v) is 2.02. The van der Waals surface area contributed by atoms with Gasteiger partial charge in [-0.2, -0.15) is 0 Å². The fraction of sp³-hybridized carbons (Fsp3) is 0.143. The van der Waals surface area contributed by atoms with Crippen LogP contribution in [0, 0.1) is 0 Å². The van der Waals surface area contributed by atoms with Gasteiger partial charge in [0.05, 0.1) is 0 Å². The van der Waals surface area contributed by atoms with E-state index in [2.05, 4.69) is 48.5 Å². The third kappa shape index (κ3) is 2.87. The van der Waals surface area contributed by atoms with Gasteiger partial charge in [-0.3, -0.25) is 5.14 Å². The van der Waals surface area contributed by atoms with Crippen LogP contribution < -0.4 is 5.14 Å². The number of aryl methyl sites for hydroxylation is 1. The Labute approximate surface area is 101 Å². The van der Waals surface area contributed by atoms with E-state index in [-0.39, 0.29) is 0 Å². The van der Waals surface area contributed by atoms with Crippen LogP contribution in [0.4, 0.5) is 0 Å². The van der Waals surface area contributed by atoms with Crippen LogP contribution >= 0.6 is 11.9 Å². The van der Waals surface area contributed by atoms with Crippen molar-refractivity contribution in [1.29, 1.82) is 0 Å². The first-order chi connectivity index (χ1) is 7.90. The van der Waals surface area contributed by atoms with Gasteiger partial charge in [-0.1, -0.05) is 66.5 Å². The van der Waals surface area contributed by atoms with Crippen molar-refractivity contribution in [3.63, 3.8) is 0 Å². The third-order valence-electron chi connectivity index (χ3n) is 2.57. The van der Waals surface area contributed by atoms with Crippen LogP contribution in [0.1, 0.15) is 5.56 Å². The number of hydrogen-bond donors (Lipinski definition) is 1. The first-order valence-corrected chi connectivity index (χ1v) is 6.41. The molecule has 0 aromatic heterocycles. The molecule has 16 heavy (non-hydrogen) atoms. The number of rotatable bonds is 4. The first kappa shape index (κ1) is 11.2. The zero-order chi connectivity index (χ0) is 11.2. The highest BCUT2D eigenvalue weighted by atomic mass is 32.2. The maximum absolute atomic E-state index is 5.41. The maximum Gasteiger partial charge on any atom is 0.0117 e. The standard InChI is InChI=1S/C14H15NS/c15-16-11-10-12-6-8-14(9-7-12)13-4-2-1-3-5-13/h1-9H,10-11,15H2. The quantitative estimate of drug-likeness (QED) is 0.812. The Morgan fingerprint density at radius 3 is 2.06 bits per heavy atom. The molecule has 0 unspecified atom stereocenters. The lowest BCUT2D eigenvalue weighted by Crippen LogP contribution is -1.91. The molecule has 2 heteroatoms. The largest absolute Gasteiger partial charge is 0.278 e. The highest BCUT2D eigenvalue weighted by Crippen LogP contribution is 2.19. The van der Waals surface area contributed by atoms with Crippen molar-refractivity contribution >= 4 is 11.9 Å². The molecule has 0 saturated heterocycles. The van der Waals surface area contributed by atoms with Gasteiger partial charge in [-0.15, -0.1) is 0 Å². The first-order valence-electron chi connectivity index (χ1n) is 5.36. The molecule has 0 fully saturated rings. The van der Waals surface area contributed by atoms with Crippen molar-refractivity contribution in [2.45, 2.75) is 6.42 Å². The summed E-state index contributed by atoms with van der Waals surface area (Å²) >= 11 is 1.40. The summed E-state index contributed by atoms with van der Waals surface area (Å²) < 4.78 is 0. The molecule has 2 aromatic rings. The second-order valence-corrected chi connectivity index (χ2v) is 4.43. The monoisotopic (exact) mass is 229 g/mol. The summed E-state index contributed by atoms with van der Waals surface area (Å²) in [6, 6.07) is 19.1. The van der Waals surface area contributed by atoms with Crippen LogP contribution in [0.25, 0.3) is 11.1 Å². The lowest BCUT2D eigenvalue weighted by atomic mass is 10.0. The molecule has 1 nitrogen and oxygen atoms in total. The molecular weight excluding hydrogens is 214 g/mol. The molecule has 0 spiro atoms. The zero-order valence-electron chi connectivity index (χ0n) is 9.10. The molecule has 0 aliphatic rings. The highest BCUT2D eigenvalue weighted by molar-refractivity contribution is 7.97. The molecule has 82 valence electrons. The second-order valence-electron chi connectivity index (χ2n) is 3.68. The Morgan fingerprint density at radius 1 is 0.812 bits per heavy atom. The van der Waals surface area contributed by atoms with Crippen LogP contribution in [0.15, 0.2) is 54.6 Å². The van der Waals surface area contributed by atoms with Crippen molar-refractivity contribution in [1.82, 2.24) is 0 Å². The summed E-state index contributed by atoms with van der Waals surface area (Å²) in [5.41, 5.74) is 3.88. The van der Waals surface area contributed by atoms with Crippen molar-refractivity contribution in [2.24, 2.45) is 5.14 Å². The van der Waals surface area contributed by atoms with E-state index in [1.807, 2.05) is 6.07 Å². The average molecular weight is 229 g/mol. The van der Waals surface area contributed by atoms with E-state index in [9.17, 15) is 0 Å². The average Bonchev–Trinajstić information content (AvgIpc) is 2.38. The van der Waals surface area contributed by atoms with Gasteiger partial charge in [0.25, 0.3) is 0 Å². The normalized spacial score (nSPS) is 10.3. The van der Waals surface area contributed by atoms with Crippen LogP contribution in [-0.4, -0.2) is 5.75 Å². The van der Waals surface area contributed by atoms with E-state index in [0.717, 1.165) is 12.2 Å². The summed E-state index contributed by atoms with van der Waals surface area (Å²) in [5, 5.41) is 5.41. The molecule has 0 aliphatic carbocycles. The van der Waals surface area contributed by atoms with E-state index in [1.54, 1.807) is 0 Å². The number of nitrogens with two attached hydrogens (primary N) is 1. The molecule has 0 bridgehead atoms. The lowest BCUT2D eigenvalue weighted by Gasteiger charge is -2.03. The van der Waals surface area contributed by atoms with E-state index in [0.29, 0.717) is 0 Å². The van der Waals surface area contributed by atoms with Crippen LogP contribution in [0.3, 0.4) is 0 Å². The van der Waals surface area contributed by atoms with Crippen LogP contribution in [0.2, 0.25) is 0 Å². The van der Waals surface area contributed by atoms with Gasteiger partial charge >= 0.3 is 0 Å². The molecule has 0 aliphatic heterocycles. The molecular formula is C14H15NS. The van der Waals surface area contributed by atoms with Crippen LogP contribution in [-0.2, 0) is 6.42 Å². The Balaban J connectivity index is 2.13. The summed E-state index contributed by atoms with van der Waals surface area (Å²) in [5.74, 6) is 0.977. The van der Waals surface area contributed by atoms with E-state index in [4.69, 9.17) is 5.14 Å². The van der Waals surface area contributed by atoms with Gasteiger partial charge in [0, 0.05) is 5.75 Å². The topological polar surface area (TPSA) is 26.0 Å². The van der Waals surface area contributed by atoms with Gasteiger partial charge in [0.15, 0.2) is 0 Å². The van der Waals surface area contributed by atoms with Gasteiger partial charge in [-0.05, 0) is 23.1 Å². The molecule has 0 saturated carbocycles. The maximum atomic E-state index is 5.41. The Morgan fingerprint density at radius 2 is 1.44 bits per heavy atom. The van der Waals surface area contributed by atoms with Gasteiger partial charge in [0.2, 0.25) is 0 Å². The summed E-state index contributed by atoms with van der Waals surface area (Å²) in [4.78, 5) is 0. The lowest BCUT2D eigenvalue weighted by molar-refractivity contribution is 1.16. The molecule has 0 atom stereocenters. The predicted molar refractivity (Wildman–Crippen MR) is 72.2 cm³/mol. The Kier molecular flexibility index (Phi) is 4.03. The predicted octanol–water partition coefficient (Wildman–Crippen LogP) is 3.50. The summed E-state index contributed by atoms with van der Waals surface area (Å²) in [7, 11) is 0. The second kappa shape index (κ2) is 5.73. The molecule has 2 rings (SSSR count). The third-order valence-corrected chi connectivity index (χ3v) is 3.01. The number of benzene rings is 2. The van der Waals surface area contributed by atoms with Crippen molar-refractivity contribution in [3.8, 4) is 11.1 Å². The smallest absolute Gasteiger partial charge is 0.0117 e. The van der Waals surface area contributed by atoms with Gasteiger partial charge in [-0.25, -0.2) is 0 Å². The summed E-state index contributed by atoms with van der Waals surface area (Å²) in [6.07, 6.45) is 1.04. The van der Waals surface area contributed by atoms with E-state index in [1.165, 1.54) is 28.6 Å². The number of hydrogen-bond acceptors (Lipinski definition) is 2. The highest BCUT2D eigenvalue weighted by Gasteiger charge is 1.97. The SMILES string of the molecule is NSCCc1ccc(-c2ccccc2)cc1. The minimum Gasteiger partial charge on any atom is -0.278 e. The van der Waals surface area contributed by atoms with Crippen LogP contribution in [0.5, 0.6) is 0 Å². The van der Waals surface area contributed by atoms with Crippen molar-refractivity contribution < 1.29 is 0 Å². The minimum atomic E-state index is 0.977. The van der Waals surface area contributed by atoms with E-state index >= 15 is 0 Å². The molecule has 0 heterocycles. The summed E-state index contributed by atoms with van der Waals surface area (Å²) in [6.45, 7) is 0. The van der Waals surface area contributed by atoms with Gasteiger partial charge in [0.1, 0.15) is 0 Å². The molecule has 2 N–H and O–H groups in total. The minimum absolute atomic E-state index is 0.977. The van der Waals surface area contributed by atoms with Crippen molar-refractivity contribution in [3.05, 3.63) is 60.2 Å². The van der Waals surface area contributed by atoms with E-state index < -0.39 is 0 Å². The van der Waals surface area contributed by atoms with Gasteiger partial charge < -0.3 is 0 Å². The Hall–Kier alpha value is -1.25. The molecule has 0 radical (unpaired) electrons. The van der Waals surface area contributed by atoms with Crippen molar-refractivity contribution in [2.75, 3.05) is 5.75 Å².